The van der Waals surface area contributed by atoms with E-state index in [0.717, 1.165) is 36.3 Å². The fourth-order valence-corrected chi connectivity index (χ4v) is 4.47. The number of hydrogen-bond donors (Lipinski definition) is 1. The number of rotatable bonds is 4. The lowest BCUT2D eigenvalue weighted by Crippen LogP contribution is -2.41. The summed E-state index contributed by atoms with van der Waals surface area (Å²) in [5, 5.41) is 3.52. The van der Waals surface area contributed by atoms with Crippen molar-refractivity contribution in [1.29, 1.82) is 0 Å². The highest BCUT2D eigenvalue weighted by molar-refractivity contribution is 14.0. The number of aryl methyl sites for hydroxylation is 1. The summed E-state index contributed by atoms with van der Waals surface area (Å²) < 4.78 is 2.14. The van der Waals surface area contributed by atoms with Crippen molar-refractivity contribution in [1.82, 2.24) is 24.5 Å². The molecule has 0 aliphatic carbocycles. The first-order valence-electron chi connectivity index (χ1n) is 10.3. The zero-order valence-corrected chi connectivity index (χ0v) is 19.4. The Morgan fingerprint density at radius 2 is 2.04 bits per heavy atom. The minimum atomic E-state index is 0. The number of aliphatic imine (C=N–C) groups is 1. The summed E-state index contributed by atoms with van der Waals surface area (Å²) in [5.41, 5.74) is 3.26. The minimum Gasteiger partial charge on any atom is -0.351 e. The van der Waals surface area contributed by atoms with Crippen molar-refractivity contribution in [2.45, 2.75) is 39.2 Å². The number of piperidine rings is 1. The zero-order chi connectivity index (χ0) is 18.6. The molecule has 2 aliphatic heterocycles. The van der Waals surface area contributed by atoms with Crippen LogP contribution >= 0.6 is 24.0 Å². The maximum atomic E-state index is 4.72. The summed E-state index contributed by atoms with van der Waals surface area (Å²) in [4.78, 5) is 14.3. The third-order valence-corrected chi connectivity index (χ3v) is 5.94. The molecule has 6 nitrogen and oxygen atoms in total. The van der Waals surface area contributed by atoms with E-state index in [-0.39, 0.29) is 24.0 Å². The van der Waals surface area contributed by atoms with Gasteiger partial charge in [0, 0.05) is 38.6 Å². The lowest BCUT2D eigenvalue weighted by molar-refractivity contribution is 0.198. The van der Waals surface area contributed by atoms with Gasteiger partial charge in [0.1, 0.15) is 5.65 Å². The first kappa shape index (κ1) is 21.4. The van der Waals surface area contributed by atoms with E-state index in [0.29, 0.717) is 6.54 Å². The van der Waals surface area contributed by atoms with E-state index in [1.165, 1.54) is 51.0 Å². The molecule has 2 aliphatic rings. The van der Waals surface area contributed by atoms with E-state index in [1.807, 2.05) is 7.05 Å². The van der Waals surface area contributed by atoms with E-state index in [9.17, 15) is 0 Å². The summed E-state index contributed by atoms with van der Waals surface area (Å²) in [5.74, 6) is 1.77. The van der Waals surface area contributed by atoms with Gasteiger partial charge in [-0.15, -0.1) is 24.0 Å². The van der Waals surface area contributed by atoms with Crippen LogP contribution in [-0.2, 0) is 6.54 Å². The van der Waals surface area contributed by atoms with Gasteiger partial charge in [-0.2, -0.15) is 0 Å². The first-order valence-corrected chi connectivity index (χ1v) is 10.3. The summed E-state index contributed by atoms with van der Waals surface area (Å²) in [7, 11) is 1.88. The second-order valence-electron chi connectivity index (χ2n) is 7.99. The molecule has 0 amide bonds. The van der Waals surface area contributed by atoms with Gasteiger partial charge in [-0.25, -0.2) is 4.98 Å². The molecule has 0 saturated carbocycles. The highest BCUT2D eigenvalue weighted by atomic mass is 127. The van der Waals surface area contributed by atoms with Crippen LogP contribution in [0.25, 0.3) is 5.65 Å². The largest absolute Gasteiger partial charge is 0.351 e. The second-order valence-corrected chi connectivity index (χ2v) is 7.99. The van der Waals surface area contributed by atoms with Gasteiger partial charge in [-0.05, 0) is 57.3 Å². The summed E-state index contributed by atoms with van der Waals surface area (Å²) in [6.07, 6.45) is 7.54. The molecule has 0 bridgehead atoms. The number of guanidine groups is 1. The summed E-state index contributed by atoms with van der Waals surface area (Å²) in [6.45, 7) is 8.86. The number of likely N-dealkylation sites (tertiary alicyclic amines) is 2. The molecule has 1 atom stereocenters. The average Bonchev–Trinajstić information content (AvgIpc) is 3.31. The molecule has 1 unspecified atom stereocenters. The quantitative estimate of drug-likeness (QED) is 0.402. The lowest BCUT2D eigenvalue weighted by Gasteiger charge is -2.29. The molecular weight excluding hydrogens is 463 g/mol. The Labute approximate surface area is 185 Å². The van der Waals surface area contributed by atoms with Gasteiger partial charge >= 0.3 is 0 Å². The zero-order valence-electron chi connectivity index (χ0n) is 17.1. The standard InChI is InChI=1S/C21H32N6.HI/c1-17-7-6-8-20-24-19(16-27(17)20)13-23-21(22-2)26-12-9-18(15-26)14-25-10-4-3-5-11-25;/h6-8,16,18H,3-5,9-15H2,1-2H3,(H,22,23);1H. The number of halogens is 1. The van der Waals surface area contributed by atoms with Crippen LogP contribution in [0.15, 0.2) is 29.4 Å². The van der Waals surface area contributed by atoms with Crippen LogP contribution in [0.5, 0.6) is 0 Å². The van der Waals surface area contributed by atoms with Crippen LogP contribution in [0.4, 0.5) is 0 Å². The predicted molar refractivity (Wildman–Crippen MR) is 126 cm³/mol. The minimum absolute atomic E-state index is 0. The van der Waals surface area contributed by atoms with Crippen LogP contribution in [0, 0.1) is 12.8 Å². The number of nitrogens with zero attached hydrogens (tertiary/aromatic N) is 5. The van der Waals surface area contributed by atoms with E-state index in [1.54, 1.807) is 0 Å². The summed E-state index contributed by atoms with van der Waals surface area (Å²) in [6, 6.07) is 6.22. The van der Waals surface area contributed by atoms with E-state index in [2.05, 4.69) is 55.8 Å². The monoisotopic (exact) mass is 496 g/mol. The van der Waals surface area contributed by atoms with Crippen molar-refractivity contribution in [2.24, 2.45) is 10.9 Å². The van der Waals surface area contributed by atoms with Crippen LogP contribution in [0.1, 0.15) is 37.1 Å². The highest BCUT2D eigenvalue weighted by Crippen LogP contribution is 2.20. The predicted octanol–water partition coefficient (Wildman–Crippen LogP) is 3.14. The molecule has 2 aromatic rings. The molecule has 2 aromatic heterocycles. The molecular formula is C21H33IN6. The Hall–Kier alpha value is -1.35. The van der Waals surface area contributed by atoms with Gasteiger partial charge in [0.15, 0.2) is 5.96 Å². The molecule has 154 valence electrons. The highest BCUT2D eigenvalue weighted by Gasteiger charge is 2.27. The number of aromatic nitrogens is 2. The number of hydrogen-bond acceptors (Lipinski definition) is 3. The molecule has 7 heteroatoms. The van der Waals surface area contributed by atoms with Gasteiger partial charge in [0.25, 0.3) is 0 Å². The average molecular weight is 496 g/mol. The lowest BCUT2D eigenvalue weighted by atomic mass is 10.1. The van der Waals surface area contributed by atoms with Gasteiger partial charge in [0.2, 0.25) is 0 Å². The van der Waals surface area contributed by atoms with Crippen molar-refractivity contribution in [3.05, 3.63) is 35.8 Å². The third kappa shape index (κ3) is 4.97. The van der Waals surface area contributed by atoms with Crippen molar-refractivity contribution in [2.75, 3.05) is 39.8 Å². The molecule has 0 radical (unpaired) electrons. The van der Waals surface area contributed by atoms with Crippen LogP contribution in [0.3, 0.4) is 0 Å². The molecule has 2 saturated heterocycles. The van der Waals surface area contributed by atoms with E-state index >= 15 is 0 Å². The van der Waals surface area contributed by atoms with Crippen molar-refractivity contribution in [3.8, 4) is 0 Å². The van der Waals surface area contributed by atoms with Gasteiger partial charge < -0.3 is 19.5 Å². The molecule has 0 aromatic carbocycles. The van der Waals surface area contributed by atoms with E-state index in [4.69, 9.17) is 4.98 Å². The number of fused-ring (bicyclic) bond motifs is 1. The molecule has 0 spiro atoms. The maximum Gasteiger partial charge on any atom is 0.193 e. The van der Waals surface area contributed by atoms with Gasteiger partial charge in [-0.3, -0.25) is 4.99 Å². The number of imidazole rings is 1. The van der Waals surface area contributed by atoms with Crippen molar-refractivity contribution < 1.29 is 0 Å². The van der Waals surface area contributed by atoms with E-state index < -0.39 is 0 Å². The van der Waals surface area contributed by atoms with Crippen LogP contribution < -0.4 is 5.32 Å². The Morgan fingerprint density at radius 1 is 1.21 bits per heavy atom. The van der Waals surface area contributed by atoms with Crippen molar-refractivity contribution in [3.63, 3.8) is 0 Å². The second kappa shape index (κ2) is 9.91. The molecule has 4 heterocycles. The fraction of sp³-hybridized carbons (Fsp3) is 0.619. The Morgan fingerprint density at radius 3 is 2.79 bits per heavy atom. The van der Waals surface area contributed by atoms with Crippen molar-refractivity contribution >= 4 is 35.6 Å². The Kier molecular flexibility index (Phi) is 7.56. The molecule has 4 rings (SSSR count). The topological polar surface area (TPSA) is 48.2 Å². The normalized spacial score (nSPS) is 21.1. The maximum absolute atomic E-state index is 4.72. The number of nitrogens with one attached hydrogen (secondary N) is 1. The Balaban J connectivity index is 0.00000225. The fourth-order valence-electron chi connectivity index (χ4n) is 4.47. The van der Waals surface area contributed by atoms with Crippen LogP contribution in [0.2, 0.25) is 0 Å². The smallest absolute Gasteiger partial charge is 0.193 e. The van der Waals surface area contributed by atoms with Gasteiger partial charge in [-0.1, -0.05) is 12.5 Å². The molecule has 28 heavy (non-hydrogen) atoms. The summed E-state index contributed by atoms with van der Waals surface area (Å²) >= 11 is 0. The van der Waals surface area contributed by atoms with Gasteiger partial charge in [0.05, 0.1) is 12.2 Å². The first-order chi connectivity index (χ1) is 13.2. The molecule has 2 fully saturated rings. The van der Waals surface area contributed by atoms with Crippen LogP contribution in [-0.4, -0.2) is 64.9 Å². The Bertz CT molecular complexity index is 795. The molecule has 1 N–H and O–H groups in total. The third-order valence-electron chi connectivity index (χ3n) is 5.94. The SMILES string of the molecule is CN=C(NCc1cn2c(C)cccc2n1)N1CCC(CN2CCCCC2)C1.I. The number of pyridine rings is 1.